The number of para-hydroxylation sites is 1. The lowest BCUT2D eigenvalue weighted by Crippen LogP contribution is -2.08. The van der Waals surface area contributed by atoms with Crippen LogP contribution in [0.3, 0.4) is 0 Å². The average Bonchev–Trinajstić information content (AvgIpc) is 3.26. The number of carbonyl (C=O) groups is 1. The summed E-state index contributed by atoms with van der Waals surface area (Å²) in [6.07, 6.45) is 3.19. The molecule has 0 aliphatic carbocycles. The van der Waals surface area contributed by atoms with Crippen LogP contribution in [0.15, 0.2) is 71.8 Å². The van der Waals surface area contributed by atoms with Crippen LogP contribution in [0, 0.1) is 0 Å². The molecule has 158 valence electrons. The zero-order chi connectivity index (χ0) is 22.1. The molecule has 0 saturated heterocycles. The number of aromatic amines is 2. The van der Waals surface area contributed by atoms with E-state index in [0.717, 1.165) is 16.6 Å². The number of rotatable bonds is 5. The summed E-state index contributed by atoms with van der Waals surface area (Å²) in [6.45, 7) is 1.99. The number of fused-ring (bicyclic) bond motifs is 3. The summed E-state index contributed by atoms with van der Waals surface area (Å²) in [6, 6.07) is 17.1. The van der Waals surface area contributed by atoms with E-state index in [1.807, 2.05) is 48.5 Å². The quantitative estimate of drug-likeness (QED) is 0.360. The van der Waals surface area contributed by atoms with Gasteiger partial charge in [-0.1, -0.05) is 24.3 Å². The maximum atomic E-state index is 12.5. The maximum absolute atomic E-state index is 12.5. The highest BCUT2D eigenvalue weighted by Gasteiger charge is 2.18. The van der Waals surface area contributed by atoms with Crippen molar-refractivity contribution in [3.8, 4) is 11.3 Å². The van der Waals surface area contributed by atoms with Gasteiger partial charge in [-0.05, 0) is 37.3 Å². The van der Waals surface area contributed by atoms with E-state index in [4.69, 9.17) is 4.74 Å². The minimum absolute atomic E-state index is 0.246. The summed E-state index contributed by atoms with van der Waals surface area (Å²) in [5, 5.41) is 4.43. The first-order valence-electron chi connectivity index (χ1n) is 10.1. The monoisotopic (exact) mass is 425 g/mol. The summed E-state index contributed by atoms with van der Waals surface area (Å²) < 4.78 is 5.17. The Bertz CT molecular complexity index is 1510. The van der Waals surface area contributed by atoms with Gasteiger partial charge < -0.3 is 20.0 Å². The van der Waals surface area contributed by atoms with Crippen LogP contribution in [-0.2, 0) is 4.74 Å². The molecule has 8 heteroatoms. The molecule has 0 aliphatic rings. The van der Waals surface area contributed by atoms with E-state index >= 15 is 0 Å². The fourth-order valence-corrected chi connectivity index (χ4v) is 3.69. The van der Waals surface area contributed by atoms with Crippen LogP contribution < -0.4 is 10.9 Å². The first-order chi connectivity index (χ1) is 15.6. The van der Waals surface area contributed by atoms with Crippen LogP contribution in [-0.4, -0.2) is 32.5 Å². The molecule has 0 saturated carbocycles. The molecule has 0 atom stereocenters. The number of nitrogens with zero attached hydrogens (tertiary/aromatic N) is 2. The second-order valence-electron chi connectivity index (χ2n) is 7.14. The molecule has 5 aromatic rings. The summed E-state index contributed by atoms with van der Waals surface area (Å²) in [5.74, 6) is -0.0123. The molecule has 0 unspecified atom stereocenters. The maximum Gasteiger partial charge on any atom is 0.340 e. The van der Waals surface area contributed by atoms with Gasteiger partial charge in [-0.25, -0.2) is 14.8 Å². The molecule has 32 heavy (non-hydrogen) atoms. The van der Waals surface area contributed by atoms with Gasteiger partial charge in [0.15, 0.2) is 0 Å². The lowest BCUT2D eigenvalue weighted by atomic mass is 10.0. The average molecular weight is 425 g/mol. The van der Waals surface area contributed by atoms with Gasteiger partial charge in [-0.2, -0.15) is 0 Å². The van der Waals surface area contributed by atoms with Gasteiger partial charge in [-0.3, -0.25) is 4.79 Å². The number of anilines is 2. The van der Waals surface area contributed by atoms with Crippen molar-refractivity contribution in [2.75, 3.05) is 11.9 Å². The second-order valence-corrected chi connectivity index (χ2v) is 7.14. The van der Waals surface area contributed by atoms with Crippen molar-refractivity contribution in [2.45, 2.75) is 6.92 Å². The Hall–Kier alpha value is -4.46. The van der Waals surface area contributed by atoms with E-state index in [2.05, 4.69) is 25.3 Å². The van der Waals surface area contributed by atoms with Crippen molar-refractivity contribution < 1.29 is 9.53 Å². The highest BCUT2D eigenvalue weighted by Crippen LogP contribution is 2.29. The zero-order valence-electron chi connectivity index (χ0n) is 17.2. The molecule has 3 N–H and O–H groups in total. The number of H-pyrrole nitrogens is 2. The number of pyridine rings is 1. The number of hydrogen-bond acceptors (Lipinski definition) is 6. The van der Waals surface area contributed by atoms with Gasteiger partial charge in [0.2, 0.25) is 5.95 Å². The highest BCUT2D eigenvalue weighted by atomic mass is 16.5. The highest BCUT2D eigenvalue weighted by molar-refractivity contribution is 6.15. The van der Waals surface area contributed by atoms with Crippen LogP contribution in [0.5, 0.6) is 0 Å². The van der Waals surface area contributed by atoms with Crippen molar-refractivity contribution in [3.63, 3.8) is 0 Å². The van der Waals surface area contributed by atoms with Crippen LogP contribution in [0.2, 0.25) is 0 Å². The molecular weight excluding hydrogens is 406 g/mol. The molecule has 0 spiro atoms. The molecule has 0 bridgehead atoms. The number of aromatic nitrogens is 4. The molecule has 3 aromatic heterocycles. The SMILES string of the molecule is CCOC(=O)c1c[nH]c2c(=O)[nH]c3ccc(-c4ccnc(Nc5ccccc5)n4)cc3c12. The molecular formula is C24H19N5O3. The predicted molar refractivity (Wildman–Crippen MR) is 123 cm³/mol. The van der Waals surface area contributed by atoms with E-state index in [0.29, 0.717) is 33.6 Å². The fourth-order valence-electron chi connectivity index (χ4n) is 3.69. The van der Waals surface area contributed by atoms with Crippen molar-refractivity contribution in [1.82, 2.24) is 19.9 Å². The second kappa shape index (κ2) is 7.99. The Kier molecular flexibility index (Phi) is 4.87. The standard InChI is InChI=1S/C24H19N5O3/c1-2-32-23(31)17-13-26-21-20(17)16-12-14(8-9-19(16)28-22(21)30)18-10-11-25-24(29-18)27-15-6-4-3-5-7-15/h3-13,26H,2H2,1H3,(H,28,30)(H,25,27,29). The van der Waals surface area contributed by atoms with E-state index in [9.17, 15) is 9.59 Å². The molecule has 0 aliphatic heterocycles. The molecule has 3 heterocycles. The van der Waals surface area contributed by atoms with E-state index in [1.165, 1.54) is 6.20 Å². The molecule has 0 radical (unpaired) electrons. The fraction of sp³-hybridized carbons (Fsp3) is 0.0833. The van der Waals surface area contributed by atoms with E-state index < -0.39 is 5.97 Å². The number of ether oxygens (including phenoxy) is 1. The van der Waals surface area contributed by atoms with Crippen LogP contribution in [0.1, 0.15) is 17.3 Å². The number of nitrogens with one attached hydrogen (secondary N) is 3. The smallest absolute Gasteiger partial charge is 0.340 e. The lowest BCUT2D eigenvalue weighted by Gasteiger charge is -2.08. The third-order valence-electron chi connectivity index (χ3n) is 5.12. The number of hydrogen-bond donors (Lipinski definition) is 3. The number of esters is 1. The topological polar surface area (TPSA) is 113 Å². The number of carbonyl (C=O) groups excluding carboxylic acids is 1. The number of benzene rings is 2. The third kappa shape index (κ3) is 3.47. The predicted octanol–water partition coefficient (Wildman–Crippen LogP) is 4.39. The van der Waals surface area contributed by atoms with Gasteiger partial charge in [0.25, 0.3) is 5.56 Å². The van der Waals surface area contributed by atoms with Gasteiger partial charge in [0, 0.05) is 39.9 Å². The third-order valence-corrected chi connectivity index (χ3v) is 5.12. The van der Waals surface area contributed by atoms with Crippen LogP contribution >= 0.6 is 0 Å². The first kappa shape index (κ1) is 19.5. The lowest BCUT2D eigenvalue weighted by molar-refractivity contribution is 0.0529. The van der Waals surface area contributed by atoms with Crippen LogP contribution in [0.25, 0.3) is 33.1 Å². The Morgan fingerprint density at radius 3 is 2.78 bits per heavy atom. The van der Waals surface area contributed by atoms with Gasteiger partial charge in [-0.15, -0.1) is 0 Å². The van der Waals surface area contributed by atoms with Gasteiger partial charge in [0.1, 0.15) is 5.52 Å². The molecule has 2 aromatic carbocycles. The molecule has 0 amide bonds. The Balaban J connectivity index is 1.63. The zero-order valence-corrected chi connectivity index (χ0v) is 17.2. The van der Waals surface area contributed by atoms with Crippen molar-refractivity contribution in [1.29, 1.82) is 0 Å². The van der Waals surface area contributed by atoms with E-state index in [-0.39, 0.29) is 12.2 Å². The largest absolute Gasteiger partial charge is 0.462 e. The van der Waals surface area contributed by atoms with Gasteiger partial charge in [0.05, 0.1) is 17.9 Å². The Labute approximate surface area is 182 Å². The van der Waals surface area contributed by atoms with Crippen molar-refractivity contribution in [2.24, 2.45) is 0 Å². The minimum atomic E-state index is -0.479. The summed E-state index contributed by atoms with van der Waals surface area (Å²) in [4.78, 5) is 39.6. The summed E-state index contributed by atoms with van der Waals surface area (Å²) in [5.41, 5.74) is 3.37. The molecule has 0 fully saturated rings. The van der Waals surface area contributed by atoms with E-state index in [1.54, 1.807) is 19.2 Å². The molecule has 8 nitrogen and oxygen atoms in total. The first-order valence-corrected chi connectivity index (χ1v) is 10.1. The van der Waals surface area contributed by atoms with Crippen LogP contribution in [0.4, 0.5) is 11.6 Å². The Morgan fingerprint density at radius 1 is 1.12 bits per heavy atom. The summed E-state index contributed by atoms with van der Waals surface area (Å²) in [7, 11) is 0. The summed E-state index contributed by atoms with van der Waals surface area (Å²) >= 11 is 0. The molecule has 5 rings (SSSR count). The van der Waals surface area contributed by atoms with Crippen molar-refractivity contribution in [3.05, 3.63) is 82.9 Å². The minimum Gasteiger partial charge on any atom is -0.462 e. The Morgan fingerprint density at radius 2 is 1.97 bits per heavy atom. The normalized spacial score (nSPS) is 11.0. The van der Waals surface area contributed by atoms with Gasteiger partial charge >= 0.3 is 5.97 Å². The van der Waals surface area contributed by atoms with Crippen molar-refractivity contribution >= 4 is 39.4 Å².